The summed E-state index contributed by atoms with van der Waals surface area (Å²) in [6.07, 6.45) is -0.395. The molecule has 6 heteroatoms. The van der Waals surface area contributed by atoms with Crippen LogP contribution >= 0.6 is 0 Å². The zero-order valence-electron chi connectivity index (χ0n) is 8.43. The molecular formula is C9H13NO5. The van der Waals surface area contributed by atoms with Crippen molar-refractivity contribution in [1.82, 2.24) is 4.90 Å². The van der Waals surface area contributed by atoms with Crippen LogP contribution in [0.25, 0.3) is 0 Å². The number of aliphatic carboxylic acids is 1. The maximum absolute atomic E-state index is 11.3. The number of nitrogens with zero attached hydrogens (tertiary/aromatic N) is 1. The van der Waals surface area contributed by atoms with Gasteiger partial charge in [-0.2, -0.15) is 0 Å². The van der Waals surface area contributed by atoms with Crippen LogP contribution in [0.15, 0.2) is 0 Å². The molecule has 1 saturated heterocycles. The van der Waals surface area contributed by atoms with Gasteiger partial charge in [0.2, 0.25) is 5.91 Å². The van der Waals surface area contributed by atoms with Gasteiger partial charge in [-0.3, -0.25) is 9.59 Å². The minimum Gasteiger partial charge on any atom is -0.481 e. The molecule has 0 radical (unpaired) electrons. The van der Waals surface area contributed by atoms with Crippen LogP contribution < -0.4 is 0 Å². The topological polar surface area (TPSA) is 83.9 Å². The molecule has 1 N–H and O–H groups in total. The maximum Gasteiger partial charge on any atom is 0.416 e. The second-order valence-corrected chi connectivity index (χ2v) is 3.28. The molecule has 1 atom stereocenters. The SMILES string of the molecule is CCOC(=O)N1CC(C(=O)O)CCC1=O. The number of likely N-dealkylation sites (tertiary alicyclic amines) is 1. The number of carbonyl (C=O) groups is 3. The number of rotatable bonds is 2. The molecule has 1 fully saturated rings. The Morgan fingerprint density at radius 2 is 2.27 bits per heavy atom. The summed E-state index contributed by atoms with van der Waals surface area (Å²) in [5, 5.41) is 8.76. The Labute approximate surface area is 86.8 Å². The van der Waals surface area contributed by atoms with Gasteiger partial charge in [0.05, 0.1) is 12.5 Å². The van der Waals surface area contributed by atoms with Crippen LogP contribution in [-0.4, -0.2) is 41.1 Å². The number of ether oxygens (including phenoxy) is 1. The third-order valence-corrected chi connectivity index (χ3v) is 2.25. The van der Waals surface area contributed by atoms with E-state index < -0.39 is 18.0 Å². The average Bonchev–Trinajstić information content (AvgIpc) is 2.18. The van der Waals surface area contributed by atoms with E-state index in [0.717, 1.165) is 4.90 Å². The molecule has 2 amide bonds. The first kappa shape index (κ1) is 11.5. The molecule has 0 aliphatic carbocycles. The van der Waals surface area contributed by atoms with Gasteiger partial charge in [0, 0.05) is 13.0 Å². The minimum absolute atomic E-state index is 0.0791. The number of imide groups is 1. The van der Waals surface area contributed by atoms with Crippen molar-refractivity contribution >= 4 is 18.0 Å². The minimum atomic E-state index is -0.989. The number of hydrogen-bond donors (Lipinski definition) is 1. The molecule has 6 nitrogen and oxygen atoms in total. The Hall–Kier alpha value is -1.59. The summed E-state index contributed by atoms with van der Waals surface area (Å²) in [4.78, 5) is 34.1. The number of hydrogen-bond acceptors (Lipinski definition) is 4. The Morgan fingerprint density at radius 1 is 1.60 bits per heavy atom. The van der Waals surface area contributed by atoms with Gasteiger partial charge in [-0.25, -0.2) is 9.69 Å². The van der Waals surface area contributed by atoms with Crippen LogP contribution in [0.3, 0.4) is 0 Å². The molecule has 84 valence electrons. The molecular weight excluding hydrogens is 202 g/mol. The molecule has 15 heavy (non-hydrogen) atoms. The lowest BCUT2D eigenvalue weighted by Gasteiger charge is -2.27. The van der Waals surface area contributed by atoms with E-state index in [1.807, 2.05) is 0 Å². The van der Waals surface area contributed by atoms with Gasteiger partial charge in [-0.1, -0.05) is 0 Å². The van der Waals surface area contributed by atoms with Crippen molar-refractivity contribution in [3.63, 3.8) is 0 Å². The summed E-state index contributed by atoms with van der Waals surface area (Å²) >= 11 is 0. The van der Waals surface area contributed by atoms with E-state index in [1.54, 1.807) is 6.92 Å². The molecule has 0 saturated carbocycles. The summed E-state index contributed by atoms with van der Waals surface area (Å²) in [7, 11) is 0. The number of piperidine rings is 1. The quantitative estimate of drug-likeness (QED) is 0.723. The second kappa shape index (κ2) is 4.77. The largest absolute Gasteiger partial charge is 0.481 e. The molecule has 0 aromatic heterocycles. The molecule has 1 rings (SSSR count). The predicted octanol–water partition coefficient (Wildman–Crippen LogP) is 0.466. The summed E-state index contributed by atoms with van der Waals surface area (Å²) in [5.41, 5.74) is 0. The van der Waals surface area contributed by atoms with Crippen molar-refractivity contribution in [2.75, 3.05) is 13.2 Å². The molecule has 1 aliphatic heterocycles. The normalized spacial score (nSPS) is 21.3. The maximum atomic E-state index is 11.3. The third kappa shape index (κ3) is 2.68. The third-order valence-electron chi connectivity index (χ3n) is 2.25. The smallest absolute Gasteiger partial charge is 0.416 e. The van der Waals surface area contributed by atoms with Gasteiger partial charge in [0.15, 0.2) is 0 Å². The van der Waals surface area contributed by atoms with Crippen LogP contribution in [0, 0.1) is 5.92 Å². The van der Waals surface area contributed by atoms with Crippen molar-refractivity contribution in [3.05, 3.63) is 0 Å². The zero-order chi connectivity index (χ0) is 11.4. The predicted molar refractivity (Wildman–Crippen MR) is 49.1 cm³/mol. The van der Waals surface area contributed by atoms with Crippen molar-refractivity contribution in [2.24, 2.45) is 5.92 Å². The Morgan fingerprint density at radius 3 is 2.80 bits per heavy atom. The standard InChI is InChI=1S/C9H13NO5/c1-2-15-9(14)10-5-6(8(12)13)3-4-7(10)11/h6H,2-5H2,1H3,(H,12,13). The van der Waals surface area contributed by atoms with Gasteiger partial charge >= 0.3 is 12.1 Å². The van der Waals surface area contributed by atoms with Gasteiger partial charge in [-0.05, 0) is 13.3 Å². The number of carbonyl (C=O) groups excluding carboxylic acids is 2. The summed E-state index contributed by atoms with van der Waals surface area (Å²) in [6.45, 7) is 1.70. The zero-order valence-corrected chi connectivity index (χ0v) is 8.43. The first-order chi connectivity index (χ1) is 7.06. The highest BCUT2D eigenvalue weighted by atomic mass is 16.6. The highest BCUT2D eigenvalue weighted by molar-refractivity contribution is 5.93. The van der Waals surface area contributed by atoms with E-state index in [4.69, 9.17) is 5.11 Å². The summed E-state index contributed by atoms with van der Waals surface area (Å²) < 4.78 is 4.65. The molecule has 0 aromatic carbocycles. The van der Waals surface area contributed by atoms with E-state index >= 15 is 0 Å². The number of carboxylic acids is 1. The van der Waals surface area contributed by atoms with Gasteiger partial charge in [0.25, 0.3) is 0 Å². The van der Waals surface area contributed by atoms with Crippen molar-refractivity contribution in [3.8, 4) is 0 Å². The van der Waals surface area contributed by atoms with Crippen LogP contribution in [0.5, 0.6) is 0 Å². The lowest BCUT2D eigenvalue weighted by Crippen LogP contribution is -2.46. The molecule has 0 spiro atoms. The van der Waals surface area contributed by atoms with E-state index in [2.05, 4.69) is 4.74 Å². The Bertz CT molecular complexity index is 288. The van der Waals surface area contributed by atoms with E-state index in [-0.39, 0.29) is 31.9 Å². The first-order valence-electron chi connectivity index (χ1n) is 4.76. The molecule has 1 aliphatic rings. The summed E-state index contributed by atoms with van der Waals surface area (Å²) in [6, 6.07) is 0. The first-order valence-corrected chi connectivity index (χ1v) is 4.76. The van der Waals surface area contributed by atoms with Crippen LogP contribution in [0.2, 0.25) is 0 Å². The highest BCUT2D eigenvalue weighted by Gasteiger charge is 2.34. The molecule has 0 aromatic rings. The van der Waals surface area contributed by atoms with Crippen molar-refractivity contribution in [1.29, 1.82) is 0 Å². The fourth-order valence-corrected chi connectivity index (χ4v) is 1.43. The van der Waals surface area contributed by atoms with Crippen molar-refractivity contribution < 1.29 is 24.2 Å². The molecule has 1 unspecified atom stereocenters. The highest BCUT2D eigenvalue weighted by Crippen LogP contribution is 2.18. The van der Waals surface area contributed by atoms with Gasteiger partial charge in [0.1, 0.15) is 0 Å². The Kier molecular flexibility index (Phi) is 3.65. The lowest BCUT2D eigenvalue weighted by molar-refractivity contribution is -0.146. The Balaban J connectivity index is 2.65. The van der Waals surface area contributed by atoms with E-state index in [0.29, 0.717) is 0 Å². The van der Waals surface area contributed by atoms with E-state index in [9.17, 15) is 14.4 Å². The average molecular weight is 215 g/mol. The molecule has 0 bridgehead atoms. The second-order valence-electron chi connectivity index (χ2n) is 3.28. The lowest BCUT2D eigenvalue weighted by atomic mass is 9.98. The van der Waals surface area contributed by atoms with Crippen LogP contribution in [-0.2, 0) is 14.3 Å². The monoisotopic (exact) mass is 215 g/mol. The summed E-state index contributed by atoms with van der Waals surface area (Å²) in [5.74, 6) is -2.03. The molecule has 1 heterocycles. The fourth-order valence-electron chi connectivity index (χ4n) is 1.43. The van der Waals surface area contributed by atoms with E-state index in [1.165, 1.54) is 0 Å². The fraction of sp³-hybridized carbons (Fsp3) is 0.667. The number of amides is 2. The van der Waals surface area contributed by atoms with Gasteiger partial charge in [-0.15, -0.1) is 0 Å². The number of carboxylic acid groups (broad SMARTS) is 1. The van der Waals surface area contributed by atoms with Crippen LogP contribution in [0.1, 0.15) is 19.8 Å². The van der Waals surface area contributed by atoms with Crippen LogP contribution in [0.4, 0.5) is 4.79 Å². The van der Waals surface area contributed by atoms with Crippen molar-refractivity contribution in [2.45, 2.75) is 19.8 Å². The van der Waals surface area contributed by atoms with Gasteiger partial charge < -0.3 is 9.84 Å².